The number of carbonyl (C=O) groups excluding carboxylic acids is 1. The zero-order valence-electron chi connectivity index (χ0n) is 13.7. The van der Waals surface area contributed by atoms with Gasteiger partial charge in [0, 0.05) is 18.7 Å². The topological polar surface area (TPSA) is 42.4 Å². The van der Waals surface area contributed by atoms with Crippen LogP contribution in [0.1, 0.15) is 16.1 Å². The summed E-state index contributed by atoms with van der Waals surface area (Å²) in [5.41, 5.74) is 2.22. The van der Waals surface area contributed by atoms with Crippen LogP contribution in [0.3, 0.4) is 0 Å². The van der Waals surface area contributed by atoms with E-state index in [0.29, 0.717) is 24.5 Å². The second kappa shape index (κ2) is 7.17. The van der Waals surface area contributed by atoms with Crippen LogP contribution in [-0.4, -0.2) is 37.1 Å². The highest BCUT2D eigenvalue weighted by Gasteiger charge is 2.24. The number of ether oxygens (including phenoxy) is 1. The molecule has 1 aliphatic heterocycles. The molecule has 3 aromatic rings. The number of anilines is 1. The lowest BCUT2D eigenvalue weighted by Crippen LogP contribution is -2.36. The van der Waals surface area contributed by atoms with Gasteiger partial charge in [-0.15, -0.1) is 0 Å². The average molecular weight is 350 g/mol. The molecule has 4 rings (SSSR count). The van der Waals surface area contributed by atoms with Gasteiger partial charge in [-0.2, -0.15) is 0 Å². The number of morpholine rings is 1. The summed E-state index contributed by atoms with van der Waals surface area (Å²) < 4.78 is 5.43. The highest BCUT2D eigenvalue weighted by molar-refractivity contribution is 7.19. The summed E-state index contributed by atoms with van der Waals surface area (Å²) >= 11 is 1.58. The molecule has 0 radical (unpaired) electrons. The van der Waals surface area contributed by atoms with Crippen molar-refractivity contribution in [3.63, 3.8) is 0 Å². The number of aromatic nitrogens is 1. The summed E-state index contributed by atoms with van der Waals surface area (Å²) in [7, 11) is 0. The molecule has 0 amide bonds. The van der Waals surface area contributed by atoms with E-state index in [1.807, 2.05) is 60.7 Å². The number of ketones is 1. The van der Waals surface area contributed by atoms with Crippen molar-refractivity contribution in [2.24, 2.45) is 0 Å². The molecule has 1 aromatic heterocycles. The minimum atomic E-state index is -0.0322. The molecule has 0 aliphatic carbocycles. The lowest BCUT2D eigenvalue weighted by molar-refractivity contribution is 0.103. The standard InChI is InChI=1S/C20H18N2O2S/c23-18(15-7-3-1-4-8-15)17-19(16-9-5-2-6-10-16)25-20(21-17)22-11-13-24-14-12-22/h1-10H,11-14H2. The number of thiazole rings is 1. The second-order valence-electron chi connectivity index (χ2n) is 5.83. The third kappa shape index (κ3) is 3.34. The number of rotatable bonds is 4. The molecule has 0 saturated carbocycles. The van der Waals surface area contributed by atoms with E-state index in [-0.39, 0.29) is 5.78 Å². The zero-order valence-corrected chi connectivity index (χ0v) is 14.5. The first kappa shape index (κ1) is 16.0. The maximum absolute atomic E-state index is 13.0. The average Bonchev–Trinajstić information content (AvgIpc) is 3.15. The maximum Gasteiger partial charge on any atom is 0.212 e. The fourth-order valence-corrected chi connectivity index (χ4v) is 3.98. The van der Waals surface area contributed by atoms with E-state index >= 15 is 0 Å². The summed E-state index contributed by atoms with van der Waals surface area (Å²) in [4.78, 5) is 20.9. The van der Waals surface area contributed by atoms with Crippen LogP contribution in [0, 0.1) is 0 Å². The van der Waals surface area contributed by atoms with E-state index in [0.717, 1.165) is 28.7 Å². The number of hydrogen-bond donors (Lipinski definition) is 0. The van der Waals surface area contributed by atoms with Crippen molar-refractivity contribution in [1.82, 2.24) is 4.98 Å². The summed E-state index contributed by atoms with van der Waals surface area (Å²) in [6.45, 7) is 3.01. The van der Waals surface area contributed by atoms with Crippen LogP contribution in [0.4, 0.5) is 5.13 Å². The predicted molar refractivity (Wildman–Crippen MR) is 100 cm³/mol. The zero-order chi connectivity index (χ0) is 17.1. The highest BCUT2D eigenvalue weighted by Crippen LogP contribution is 2.36. The summed E-state index contributed by atoms with van der Waals surface area (Å²) in [6, 6.07) is 19.4. The van der Waals surface area contributed by atoms with Crippen LogP contribution >= 0.6 is 11.3 Å². The lowest BCUT2D eigenvalue weighted by atomic mass is 10.0. The molecular weight excluding hydrogens is 332 g/mol. The van der Waals surface area contributed by atoms with Gasteiger partial charge in [0.15, 0.2) is 5.13 Å². The quantitative estimate of drug-likeness (QED) is 0.670. The van der Waals surface area contributed by atoms with E-state index in [1.165, 1.54) is 0 Å². The van der Waals surface area contributed by atoms with E-state index in [9.17, 15) is 4.79 Å². The van der Waals surface area contributed by atoms with Crippen molar-refractivity contribution in [3.8, 4) is 10.4 Å². The monoisotopic (exact) mass is 350 g/mol. The van der Waals surface area contributed by atoms with Gasteiger partial charge >= 0.3 is 0 Å². The molecule has 0 bridgehead atoms. The van der Waals surface area contributed by atoms with Gasteiger partial charge in [0.25, 0.3) is 0 Å². The molecule has 0 N–H and O–H groups in total. The third-order valence-electron chi connectivity index (χ3n) is 4.18. The Balaban J connectivity index is 1.78. The van der Waals surface area contributed by atoms with Crippen molar-refractivity contribution < 1.29 is 9.53 Å². The Hall–Kier alpha value is -2.50. The van der Waals surface area contributed by atoms with Gasteiger partial charge in [-0.3, -0.25) is 4.79 Å². The first-order chi connectivity index (χ1) is 12.3. The minimum Gasteiger partial charge on any atom is -0.378 e. The van der Waals surface area contributed by atoms with Crippen molar-refractivity contribution in [2.75, 3.05) is 31.2 Å². The summed E-state index contributed by atoms with van der Waals surface area (Å²) in [6.07, 6.45) is 0. The van der Waals surface area contributed by atoms with E-state index in [1.54, 1.807) is 11.3 Å². The Kier molecular flexibility index (Phi) is 4.59. The molecule has 0 spiro atoms. The molecule has 1 saturated heterocycles. The summed E-state index contributed by atoms with van der Waals surface area (Å²) in [5, 5.41) is 0.890. The lowest BCUT2D eigenvalue weighted by Gasteiger charge is -2.26. The SMILES string of the molecule is O=C(c1ccccc1)c1nc(N2CCOCC2)sc1-c1ccccc1. The molecule has 2 heterocycles. The number of benzene rings is 2. The molecular formula is C20H18N2O2S. The van der Waals surface area contributed by atoms with Crippen molar-refractivity contribution in [2.45, 2.75) is 0 Å². The van der Waals surface area contributed by atoms with Crippen molar-refractivity contribution >= 4 is 22.3 Å². The molecule has 0 unspecified atom stereocenters. The Morgan fingerprint density at radius 2 is 1.60 bits per heavy atom. The maximum atomic E-state index is 13.0. The normalized spacial score (nSPS) is 14.5. The van der Waals surface area contributed by atoms with Crippen LogP contribution in [-0.2, 0) is 4.74 Å². The first-order valence-electron chi connectivity index (χ1n) is 8.31. The smallest absolute Gasteiger partial charge is 0.212 e. The van der Waals surface area contributed by atoms with Crippen molar-refractivity contribution in [1.29, 1.82) is 0 Å². The molecule has 0 atom stereocenters. The fourth-order valence-electron chi connectivity index (χ4n) is 2.86. The van der Waals surface area contributed by atoms with E-state index in [2.05, 4.69) is 4.90 Å². The molecule has 5 heteroatoms. The fraction of sp³-hybridized carbons (Fsp3) is 0.200. The van der Waals surface area contributed by atoms with E-state index < -0.39 is 0 Å². The molecule has 2 aromatic carbocycles. The Labute approximate surface area is 150 Å². The van der Waals surface area contributed by atoms with Gasteiger partial charge in [-0.1, -0.05) is 72.0 Å². The van der Waals surface area contributed by atoms with Crippen molar-refractivity contribution in [3.05, 3.63) is 71.9 Å². The van der Waals surface area contributed by atoms with Gasteiger partial charge in [0.05, 0.1) is 18.1 Å². The van der Waals surface area contributed by atoms with Crippen LogP contribution in [0.25, 0.3) is 10.4 Å². The van der Waals surface area contributed by atoms with Crippen LogP contribution in [0.5, 0.6) is 0 Å². The molecule has 25 heavy (non-hydrogen) atoms. The largest absolute Gasteiger partial charge is 0.378 e. The van der Waals surface area contributed by atoms with E-state index in [4.69, 9.17) is 9.72 Å². The summed E-state index contributed by atoms with van der Waals surface area (Å²) in [5.74, 6) is -0.0322. The molecule has 1 fully saturated rings. The third-order valence-corrected chi connectivity index (χ3v) is 5.35. The highest BCUT2D eigenvalue weighted by atomic mass is 32.1. The predicted octanol–water partition coefficient (Wildman–Crippen LogP) is 3.88. The Morgan fingerprint density at radius 1 is 0.960 bits per heavy atom. The molecule has 1 aliphatic rings. The number of nitrogens with zero attached hydrogens (tertiary/aromatic N) is 2. The van der Waals surface area contributed by atoms with Crippen LogP contribution in [0.15, 0.2) is 60.7 Å². The Morgan fingerprint density at radius 3 is 2.28 bits per heavy atom. The van der Waals surface area contributed by atoms with Crippen LogP contribution in [0.2, 0.25) is 0 Å². The van der Waals surface area contributed by atoms with Crippen LogP contribution < -0.4 is 4.90 Å². The molecule has 126 valence electrons. The van der Waals surface area contributed by atoms with Gasteiger partial charge in [0.2, 0.25) is 5.78 Å². The van der Waals surface area contributed by atoms with Gasteiger partial charge in [0.1, 0.15) is 5.69 Å². The van der Waals surface area contributed by atoms with Gasteiger partial charge in [-0.05, 0) is 5.56 Å². The second-order valence-corrected chi connectivity index (χ2v) is 6.81. The van der Waals surface area contributed by atoms with Gasteiger partial charge in [-0.25, -0.2) is 4.98 Å². The van der Waals surface area contributed by atoms with Gasteiger partial charge < -0.3 is 9.64 Å². The first-order valence-corrected chi connectivity index (χ1v) is 9.13. The molecule has 4 nitrogen and oxygen atoms in total. The number of carbonyl (C=O) groups is 1. The number of hydrogen-bond acceptors (Lipinski definition) is 5. The Bertz CT molecular complexity index is 856. The minimum absolute atomic E-state index is 0.0322.